The van der Waals surface area contributed by atoms with Crippen LogP contribution in [0.5, 0.6) is 0 Å². The first kappa shape index (κ1) is 13.6. The van der Waals surface area contributed by atoms with Crippen LogP contribution in [0.25, 0.3) is 0 Å². The number of hydrogen-bond acceptors (Lipinski definition) is 3. The van der Waals surface area contributed by atoms with Gasteiger partial charge < -0.3 is 0 Å². The maximum absolute atomic E-state index is 12.4. The number of amides is 1. The van der Waals surface area contributed by atoms with E-state index in [0.717, 1.165) is 9.87 Å². The molecule has 0 aliphatic carbocycles. The number of fused-ring (bicyclic) bond motifs is 1. The molecule has 2 aromatic carbocycles. The quantitative estimate of drug-likeness (QED) is 0.943. The van der Waals surface area contributed by atoms with Crippen LogP contribution in [-0.2, 0) is 16.6 Å². The lowest BCUT2D eigenvalue weighted by Crippen LogP contribution is -2.45. The first-order chi connectivity index (χ1) is 10.1. The maximum Gasteiger partial charge on any atom is 0.326 e. The highest BCUT2D eigenvalue weighted by molar-refractivity contribution is 7.91. The molecule has 6 heteroatoms. The molecule has 1 heterocycles. The molecule has 0 saturated carbocycles. The van der Waals surface area contributed by atoms with Crippen molar-refractivity contribution in [2.75, 3.05) is 11.3 Å². The highest BCUT2D eigenvalue weighted by atomic mass is 32.2. The van der Waals surface area contributed by atoms with E-state index in [1.165, 1.54) is 0 Å². The van der Waals surface area contributed by atoms with E-state index in [-0.39, 0.29) is 6.54 Å². The predicted octanol–water partition coefficient (Wildman–Crippen LogP) is 2.04. The van der Waals surface area contributed by atoms with E-state index in [9.17, 15) is 13.2 Å². The summed E-state index contributed by atoms with van der Waals surface area (Å²) in [6, 6.07) is 16.1. The second-order valence-corrected chi connectivity index (χ2v) is 6.36. The summed E-state index contributed by atoms with van der Waals surface area (Å²) in [7, 11) is -3.82. The SMILES string of the molecule is O=C1c2ccccc2NS(=O)(=O)N1CCc1ccccc1. The summed E-state index contributed by atoms with van der Waals surface area (Å²) >= 11 is 0. The van der Waals surface area contributed by atoms with Gasteiger partial charge in [-0.05, 0) is 24.1 Å². The summed E-state index contributed by atoms with van der Waals surface area (Å²) in [5, 5.41) is 0. The van der Waals surface area contributed by atoms with Gasteiger partial charge in [0.1, 0.15) is 0 Å². The average molecular weight is 302 g/mol. The standard InChI is InChI=1S/C15H14N2O3S/c18-15-13-8-4-5-9-14(13)16-21(19,20)17(15)11-10-12-6-2-1-3-7-12/h1-9,16H,10-11H2. The maximum atomic E-state index is 12.4. The Morgan fingerprint density at radius 2 is 1.62 bits per heavy atom. The third-order valence-electron chi connectivity index (χ3n) is 3.36. The molecule has 108 valence electrons. The van der Waals surface area contributed by atoms with Gasteiger partial charge in [-0.3, -0.25) is 9.52 Å². The molecule has 2 aromatic rings. The first-order valence-electron chi connectivity index (χ1n) is 6.56. The van der Waals surface area contributed by atoms with E-state index in [4.69, 9.17) is 0 Å². The fraction of sp³-hybridized carbons (Fsp3) is 0.133. The molecule has 0 aromatic heterocycles. The van der Waals surface area contributed by atoms with Crippen molar-refractivity contribution in [3.63, 3.8) is 0 Å². The molecule has 1 aliphatic heterocycles. The monoisotopic (exact) mass is 302 g/mol. The third-order valence-corrected chi connectivity index (χ3v) is 4.77. The van der Waals surface area contributed by atoms with Gasteiger partial charge in [-0.25, -0.2) is 4.31 Å². The first-order valence-corrected chi connectivity index (χ1v) is 8.00. The fourth-order valence-corrected chi connectivity index (χ4v) is 3.51. The van der Waals surface area contributed by atoms with Crippen molar-refractivity contribution >= 4 is 21.8 Å². The predicted molar refractivity (Wildman–Crippen MR) is 80.2 cm³/mol. The smallest absolute Gasteiger partial charge is 0.268 e. The molecule has 1 N–H and O–H groups in total. The number of anilines is 1. The Labute approximate surface area is 123 Å². The second-order valence-electron chi connectivity index (χ2n) is 4.77. The van der Waals surface area contributed by atoms with Gasteiger partial charge in [0.05, 0.1) is 11.3 Å². The van der Waals surface area contributed by atoms with Crippen molar-refractivity contribution in [2.24, 2.45) is 0 Å². The molecule has 21 heavy (non-hydrogen) atoms. The molecule has 3 rings (SSSR count). The number of hydrogen-bond donors (Lipinski definition) is 1. The molecule has 1 amide bonds. The lowest BCUT2D eigenvalue weighted by molar-refractivity contribution is 0.0861. The second kappa shape index (κ2) is 5.21. The minimum absolute atomic E-state index is 0.118. The van der Waals surface area contributed by atoms with Crippen LogP contribution in [0.4, 0.5) is 5.69 Å². The zero-order valence-electron chi connectivity index (χ0n) is 11.2. The molecule has 0 bridgehead atoms. The number of nitrogens with one attached hydrogen (secondary N) is 1. The largest absolute Gasteiger partial charge is 0.326 e. The van der Waals surface area contributed by atoms with Crippen molar-refractivity contribution in [3.05, 3.63) is 65.7 Å². The summed E-state index contributed by atoms with van der Waals surface area (Å²) in [5.41, 5.74) is 1.69. The number of rotatable bonds is 3. The van der Waals surface area contributed by atoms with Crippen LogP contribution < -0.4 is 4.72 Å². The summed E-state index contributed by atoms with van der Waals surface area (Å²) in [6.07, 6.45) is 0.482. The van der Waals surface area contributed by atoms with Gasteiger partial charge in [0.2, 0.25) is 0 Å². The van der Waals surface area contributed by atoms with Crippen molar-refractivity contribution in [2.45, 2.75) is 6.42 Å². The summed E-state index contributed by atoms with van der Waals surface area (Å²) in [5.74, 6) is -0.486. The number of carbonyl (C=O) groups excluding carboxylic acids is 1. The Bertz CT molecular complexity index is 773. The van der Waals surface area contributed by atoms with Gasteiger partial charge in [-0.2, -0.15) is 8.42 Å². The minimum Gasteiger partial charge on any atom is -0.268 e. The van der Waals surface area contributed by atoms with Crippen molar-refractivity contribution in [1.29, 1.82) is 0 Å². The third kappa shape index (κ3) is 2.62. The van der Waals surface area contributed by atoms with Crippen LogP contribution in [-0.4, -0.2) is 25.2 Å². The fourth-order valence-electron chi connectivity index (χ4n) is 2.29. The van der Waals surface area contributed by atoms with Crippen LogP contribution in [0.15, 0.2) is 54.6 Å². The van der Waals surface area contributed by atoms with E-state index in [1.807, 2.05) is 30.3 Å². The van der Waals surface area contributed by atoms with Crippen LogP contribution in [0.2, 0.25) is 0 Å². The Morgan fingerprint density at radius 3 is 2.38 bits per heavy atom. The van der Waals surface area contributed by atoms with Gasteiger partial charge in [-0.1, -0.05) is 42.5 Å². The Kier molecular flexibility index (Phi) is 3.39. The Morgan fingerprint density at radius 1 is 0.952 bits per heavy atom. The molecule has 0 spiro atoms. The van der Waals surface area contributed by atoms with E-state index >= 15 is 0 Å². The van der Waals surface area contributed by atoms with Crippen molar-refractivity contribution in [3.8, 4) is 0 Å². The number of nitrogens with zero attached hydrogens (tertiary/aromatic N) is 1. The molecule has 0 fully saturated rings. The van der Waals surface area contributed by atoms with Crippen LogP contribution >= 0.6 is 0 Å². The van der Waals surface area contributed by atoms with Gasteiger partial charge >= 0.3 is 10.2 Å². The van der Waals surface area contributed by atoms with E-state index < -0.39 is 16.1 Å². The van der Waals surface area contributed by atoms with Crippen LogP contribution in [0.3, 0.4) is 0 Å². The van der Waals surface area contributed by atoms with Gasteiger partial charge in [-0.15, -0.1) is 0 Å². The molecule has 0 radical (unpaired) electrons. The molecule has 0 unspecified atom stereocenters. The van der Waals surface area contributed by atoms with Crippen LogP contribution in [0.1, 0.15) is 15.9 Å². The molecule has 0 saturated heterocycles. The molecule has 0 atom stereocenters. The Balaban J connectivity index is 1.87. The van der Waals surface area contributed by atoms with Crippen molar-refractivity contribution < 1.29 is 13.2 Å². The van der Waals surface area contributed by atoms with Gasteiger partial charge in [0, 0.05) is 6.54 Å². The van der Waals surface area contributed by atoms with E-state index in [1.54, 1.807) is 24.3 Å². The number of benzene rings is 2. The molecular formula is C15H14N2O3S. The zero-order valence-corrected chi connectivity index (χ0v) is 12.0. The topological polar surface area (TPSA) is 66.5 Å². The summed E-state index contributed by atoms with van der Waals surface area (Å²) in [4.78, 5) is 12.4. The van der Waals surface area contributed by atoms with Crippen molar-refractivity contribution in [1.82, 2.24) is 4.31 Å². The lowest BCUT2D eigenvalue weighted by Gasteiger charge is -2.28. The highest BCUT2D eigenvalue weighted by Gasteiger charge is 2.34. The molecule has 1 aliphatic rings. The highest BCUT2D eigenvalue weighted by Crippen LogP contribution is 2.26. The van der Waals surface area contributed by atoms with Gasteiger partial charge in [0.15, 0.2) is 0 Å². The van der Waals surface area contributed by atoms with E-state index in [2.05, 4.69) is 4.72 Å². The molecular weight excluding hydrogens is 288 g/mol. The summed E-state index contributed by atoms with van der Waals surface area (Å²) in [6.45, 7) is 0.118. The van der Waals surface area contributed by atoms with Crippen LogP contribution in [0, 0.1) is 0 Å². The minimum atomic E-state index is -3.82. The number of carbonyl (C=O) groups is 1. The van der Waals surface area contributed by atoms with E-state index in [0.29, 0.717) is 17.7 Å². The molecule has 5 nitrogen and oxygen atoms in total. The Hall–Kier alpha value is -2.34. The average Bonchev–Trinajstić information content (AvgIpc) is 2.47. The lowest BCUT2D eigenvalue weighted by atomic mass is 10.1. The normalized spacial score (nSPS) is 16.2. The zero-order chi connectivity index (χ0) is 14.9. The summed E-state index contributed by atoms with van der Waals surface area (Å²) < 4.78 is 27.7. The number of para-hydroxylation sites is 1. The van der Waals surface area contributed by atoms with Gasteiger partial charge in [0.25, 0.3) is 5.91 Å².